The van der Waals surface area contributed by atoms with E-state index in [2.05, 4.69) is 18.7 Å². The summed E-state index contributed by atoms with van der Waals surface area (Å²) in [4.78, 5) is 2.34. The van der Waals surface area contributed by atoms with Gasteiger partial charge in [0.15, 0.2) is 0 Å². The summed E-state index contributed by atoms with van der Waals surface area (Å²) in [5, 5.41) is 19.3. The summed E-state index contributed by atoms with van der Waals surface area (Å²) < 4.78 is 0. The number of aliphatic hydroxyl groups is 2. The predicted octanol–water partition coefficient (Wildman–Crippen LogP) is 7.09. The van der Waals surface area contributed by atoms with E-state index in [0.717, 1.165) is 13.0 Å². The highest BCUT2D eigenvalue weighted by Crippen LogP contribution is 2.15. The smallest absolute Gasteiger partial charge is 0.0586 e. The molecule has 0 saturated heterocycles. The lowest BCUT2D eigenvalue weighted by atomic mass is 10.0. The summed E-state index contributed by atoms with van der Waals surface area (Å²) in [7, 11) is 0. The third-order valence-electron chi connectivity index (χ3n) is 6.30. The molecule has 176 valence electrons. The number of rotatable bonds is 24. The van der Waals surface area contributed by atoms with Crippen LogP contribution in [-0.2, 0) is 0 Å². The van der Waals surface area contributed by atoms with Gasteiger partial charge in [0.25, 0.3) is 0 Å². The fourth-order valence-electron chi connectivity index (χ4n) is 4.31. The van der Waals surface area contributed by atoms with Gasteiger partial charge in [-0.3, -0.25) is 4.90 Å². The monoisotopic (exact) mass is 413 g/mol. The zero-order valence-electron chi connectivity index (χ0n) is 20.2. The molecule has 0 amide bonds. The normalized spacial score (nSPS) is 12.7. The molecule has 0 bridgehead atoms. The van der Waals surface area contributed by atoms with Gasteiger partial charge in [0, 0.05) is 12.6 Å². The summed E-state index contributed by atoms with van der Waals surface area (Å²) in [6.07, 6.45) is 25.3. The second-order valence-corrected chi connectivity index (χ2v) is 9.04. The Morgan fingerprint density at radius 2 is 0.931 bits per heavy atom. The van der Waals surface area contributed by atoms with Crippen LogP contribution in [0.15, 0.2) is 0 Å². The molecule has 0 spiro atoms. The van der Waals surface area contributed by atoms with E-state index >= 15 is 0 Å². The van der Waals surface area contributed by atoms with E-state index in [9.17, 15) is 10.2 Å². The number of hydrogen-bond donors (Lipinski definition) is 2. The van der Waals surface area contributed by atoms with Gasteiger partial charge in [-0.05, 0) is 19.4 Å². The van der Waals surface area contributed by atoms with Gasteiger partial charge in [-0.15, -0.1) is 0 Å². The van der Waals surface area contributed by atoms with Crippen molar-refractivity contribution in [2.24, 2.45) is 0 Å². The highest BCUT2D eigenvalue weighted by molar-refractivity contribution is 4.71. The summed E-state index contributed by atoms with van der Waals surface area (Å²) in [5.74, 6) is 0. The molecule has 0 aromatic heterocycles. The van der Waals surface area contributed by atoms with Gasteiger partial charge in [0.05, 0.1) is 13.2 Å². The first kappa shape index (κ1) is 28.9. The molecular formula is C26H55NO2. The summed E-state index contributed by atoms with van der Waals surface area (Å²) >= 11 is 0. The van der Waals surface area contributed by atoms with E-state index in [4.69, 9.17) is 0 Å². The average Bonchev–Trinajstić information content (AvgIpc) is 2.73. The molecule has 1 unspecified atom stereocenters. The average molecular weight is 414 g/mol. The van der Waals surface area contributed by atoms with Crippen molar-refractivity contribution in [1.29, 1.82) is 0 Å². The second kappa shape index (κ2) is 24.2. The largest absolute Gasteiger partial charge is 0.395 e. The van der Waals surface area contributed by atoms with Crippen LogP contribution in [-0.4, -0.2) is 47.5 Å². The van der Waals surface area contributed by atoms with Gasteiger partial charge in [-0.25, -0.2) is 0 Å². The first-order valence-electron chi connectivity index (χ1n) is 13.3. The van der Waals surface area contributed by atoms with Crippen LogP contribution in [0.5, 0.6) is 0 Å². The van der Waals surface area contributed by atoms with Crippen LogP contribution in [0.25, 0.3) is 0 Å². The number of nitrogens with zero attached hydrogens (tertiary/aromatic N) is 1. The quantitative estimate of drug-likeness (QED) is 0.166. The van der Waals surface area contributed by atoms with E-state index in [1.165, 1.54) is 116 Å². The van der Waals surface area contributed by atoms with E-state index < -0.39 is 0 Å². The van der Waals surface area contributed by atoms with Crippen LogP contribution >= 0.6 is 0 Å². The fraction of sp³-hybridized carbons (Fsp3) is 1.00. The molecule has 0 heterocycles. The minimum atomic E-state index is 0.200. The highest BCUT2D eigenvalue weighted by Gasteiger charge is 2.16. The van der Waals surface area contributed by atoms with Gasteiger partial charge in [-0.2, -0.15) is 0 Å². The molecule has 0 rings (SSSR count). The Kier molecular flexibility index (Phi) is 24.1. The maximum absolute atomic E-state index is 9.86. The van der Waals surface area contributed by atoms with Gasteiger partial charge in [0.2, 0.25) is 0 Å². The topological polar surface area (TPSA) is 43.7 Å². The minimum absolute atomic E-state index is 0.200. The molecule has 3 heteroatoms. The van der Waals surface area contributed by atoms with Crippen molar-refractivity contribution in [3.05, 3.63) is 0 Å². The first-order chi connectivity index (χ1) is 14.3. The Morgan fingerprint density at radius 1 is 0.517 bits per heavy atom. The fourth-order valence-corrected chi connectivity index (χ4v) is 4.31. The van der Waals surface area contributed by atoms with Crippen LogP contribution in [0, 0.1) is 0 Å². The van der Waals surface area contributed by atoms with Crippen LogP contribution in [0.1, 0.15) is 136 Å². The number of unbranched alkanes of at least 4 members (excludes halogenated alkanes) is 16. The Morgan fingerprint density at radius 3 is 1.34 bits per heavy atom. The molecule has 0 aromatic carbocycles. The van der Waals surface area contributed by atoms with E-state index in [-0.39, 0.29) is 19.3 Å². The molecule has 0 fully saturated rings. The maximum atomic E-state index is 9.86. The molecule has 3 nitrogen and oxygen atoms in total. The molecule has 0 aliphatic carbocycles. The van der Waals surface area contributed by atoms with Gasteiger partial charge in [-0.1, -0.05) is 123 Å². The van der Waals surface area contributed by atoms with E-state index in [0.29, 0.717) is 6.54 Å². The van der Waals surface area contributed by atoms with Crippen LogP contribution in [0.3, 0.4) is 0 Å². The molecular weight excluding hydrogens is 358 g/mol. The number of aliphatic hydroxyl groups excluding tert-OH is 2. The maximum Gasteiger partial charge on any atom is 0.0586 e. The molecule has 0 aliphatic heterocycles. The Bertz CT molecular complexity index is 298. The van der Waals surface area contributed by atoms with Gasteiger partial charge < -0.3 is 10.2 Å². The highest BCUT2D eigenvalue weighted by atomic mass is 16.3. The lowest BCUT2D eigenvalue weighted by Gasteiger charge is -2.30. The summed E-state index contributed by atoms with van der Waals surface area (Å²) in [5.41, 5.74) is 0. The Hall–Kier alpha value is -0.120. The Labute approximate surface area is 183 Å². The van der Waals surface area contributed by atoms with Crippen LogP contribution < -0.4 is 0 Å². The molecule has 2 N–H and O–H groups in total. The van der Waals surface area contributed by atoms with Crippen LogP contribution in [0.2, 0.25) is 0 Å². The number of hydrogen-bond acceptors (Lipinski definition) is 3. The minimum Gasteiger partial charge on any atom is -0.395 e. The predicted molar refractivity (Wildman–Crippen MR) is 129 cm³/mol. The zero-order chi connectivity index (χ0) is 21.4. The van der Waals surface area contributed by atoms with Crippen LogP contribution in [0.4, 0.5) is 0 Å². The third-order valence-corrected chi connectivity index (χ3v) is 6.30. The van der Waals surface area contributed by atoms with Crippen molar-refractivity contribution in [3.63, 3.8) is 0 Å². The molecule has 0 saturated carbocycles. The zero-order valence-corrected chi connectivity index (χ0v) is 20.2. The van der Waals surface area contributed by atoms with Crippen molar-refractivity contribution in [3.8, 4) is 0 Å². The summed E-state index contributed by atoms with van der Waals surface area (Å²) in [6, 6.07) is 0.237. The molecule has 29 heavy (non-hydrogen) atoms. The third kappa shape index (κ3) is 19.6. The van der Waals surface area contributed by atoms with Gasteiger partial charge >= 0.3 is 0 Å². The Balaban J connectivity index is 3.77. The lowest BCUT2D eigenvalue weighted by Crippen LogP contribution is -2.40. The molecule has 1 atom stereocenters. The lowest BCUT2D eigenvalue weighted by molar-refractivity contribution is 0.0926. The van der Waals surface area contributed by atoms with Crippen molar-refractivity contribution < 1.29 is 10.2 Å². The van der Waals surface area contributed by atoms with E-state index in [1.54, 1.807) is 0 Å². The van der Waals surface area contributed by atoms with Crippen molar-refractivity contribution in [2.75, 3.05) is 26.3 Å². The SMILES string of the molecule is CCCCCCCCCCCCN(CCO)C(CO)CCCCCCCCCC. The summed E-state index contributed by atoms with van der Waals surface area (Å²) in [6.45, 7) is 6.71. The standard InChI is InChI=1S/C26H55NO2/c1-3-5-7-9-11-13-14-16-18-20-22-27(23-24-28)26(25-29)21-19-17-15-12-10-8-6-4-2/h26,28-29H,3-25H2,1-2H3. The first-order valence-corrected chi connectivity index (χ1v) is 13.3. The molecule has 0 aliphatic rings. The molecule has 0 aromatic rings. The van der Waals surface area contributed by atoms with Gasteiger partial charge in [0.1, 0.15) is 0 Å². The molecule has 0 radical (unpaired) electrons. The van der Waals surface area contributed by atoms with E-state index in [1.807, 2.05) is 0 Å². The van der Waals surface area contributed by atoms with Crippen molar-refractivity contribution in [1.82, 2.24) is 4.90 Å². The second-order valence-electron chi connectivity index (χ2n) is 9.04. The van der Waals surface area contributed by atoms with Crippen molar-refractivity contribution in [2.45, 2.75) is 142 Å². The van der Waals surface area contributed by atoms with Crippen molar-refractivity contribution >= 4 is 0 Å².